The molecule has 0 saturated carbocycles. The Balaban J connectivity index is 3.25. The maximum absolute atomic E-state index is 12.2. The summed E-state index contributed by atoms with van der Waals surface area (Å²) in [6.45, 7) is 0. The molecular weight excluding hydrogens is 235 g/mol. The minimum absolute atomic E-state index is 0.142. The average Bonchev–Trinajstić information content (AvgIpc) is 2.15. The van der Waals surface area contributed by atoms with E-state index in [9.17, 15) is 23.3 Å². The lowest BCUT2D eigenvalue weighted by atomic mass is 10.1. The molecule has 0 N–H and O–H groups in total. The monoisotopic (exact) mass is 239 g/mol. The van der Waals surface area contributed by atoms with Gasteiger partial charge in [0.2, 0.25) is 0 Å². The van der Waals surface area contributed by atoms with Gasteiger partial charge in [0, 0.05) is 11.6 Å². The fraction of sp³-hybridized carbons (Fsp3) is 0.250. The number of benzene rings is 1. The standard InChI is InChI=1S/C8H5ClF3NO2/c9-4-5-3-6(8(10,11)12)1-2-7(5)13(14)15/h1-3H,4H2. The number of alkyl halides is 4. The van der Waals surface area contributed by atoms with Crippen molar-refractivity contribution in [2.24, 2.45) is 0 Å². The Morgan fingerprint density at radius 3 is 2.40 bits per heavy atom. The van der Waals surface area contributed by atoms with Gasteiger partial charge in [-0.15, -0.1) is 11.6 Å². The second-order valence-corrected chi connectivity index (χ2v) is 3.00. The summed E-state index contributed by atoms with van der Waals surface area (Å²) in [7, 11) is 0. The van der Waals surface area contributed by atoms with E-state index in [0.29, 0.717) is 12.1 Å². The van der Waals surface area contributed by atoms with Gasteiger partial charge in [0.25, 0.3) is 5.69 Å². The van der Waals surface area contributed by atoms with Gasteiger partial charge in [0.05, 0.1) is 16.4 Å². The quantitative estimate of drug-likeness (QED) is 0.451. The number of hydrogen-bond acceptors (Lipinski definition) is 2. The number of nitro benzene ring substituents is 1. The third-order valence-electron chi connectivity index (χ3n) is 1.75. The minimum Gasteiger partial charge on any atom is -0.258 e. The van der Waals surface area contributed by atoms with Gasteiger partial charge in [-0.3, -0.25) is 10.1 Å². The molecule has 0 saturated heterocycles. The van der Waals surface area contributed by atoms with Crippen LogP contribution in [0.25, 0.3) is 0 Å². The van der Waals surface area contributed by atoms with Crippen LogP contribution in [0, 0.1) is 10.1 Å². The molecule has 0 amide bonds. The fourth-order valence-electron chi connectivity index (χ4n) is 1.05. The first-order valence-corrected chi connectivity index (χ1v) is 4.30. The molecular formula is C8H5ClF3NO2. The summed E-state index contributed by atoms with van der Waals surface area (Å²) in [5.74, 6) is -0.333. The molecule has 3 nitrogen and oxygen atoms in total. The zero-order valence-corrected chi connectivity index (χ0v) is 7.97. The summed E-state index contributed by atoms with van der Waals surface area (Å²) in [6, 6.07) is 2.15. The van der Waals surface area contributed by atoms with Crippen molar-refractivity contribution in [2.75, 3.05) is 0 Å². The van der Waals surface area contributed by atoms with Crippen molar-refractivity contribution in [2.45, 2.75) is 12.1 Å². The van der Waals surface area contributed by atoms with Gasteiger partial charge in [-0.2, -0.15) is 13.2 Å². The predicted molar refractivity (Wildman–Crippen MR) is 47.7 cm³/mol. The van der Waals surface area contributed by atoms with Crippen LogP contribution in [0.2, 0.25) is 0 Å². The van der Waals surface area contributed by atoms with Gasteiger partial charge in [-0.05, 0) is 12.1 Å². The zero-order chi connectivity index (χ0) is 11.6. The Morgan fingerprint density at radius 1 is 1.40 bits per heavy atom. The largest absolute Gasteiger partial charge is 0.416 e. The number of nitrogens with zero attached hydrogens (tertiary/aromatic N) is 1. The van der Waals surface area contributed by atoms with E-state index in [1.807, 2.05) is 0 Å². The molecule has 1 rings (SSSR count). The molecule has 0 aliphatic rings. The smallest absolute Gasteiger partial charge is 0.258 e. The second kappa shape index (κ2) is 4.06. The normalized spacial score (nSPS) is 11.5. The maximum atomic E-state index is 12.2. The predicted octanol–water partition coefficient (Wildman–Crippen LogP) is 3.35. The van der Waals surface area contributed by atoms with Crippen LogP contribution in [0.15, 0.2) is 18.2 Å². The Bertz CT molecular complexity index is 392. The molecule has 0 atom stereocenters. The van der Waals surface area contributed by atoms with E-state index >= 15 is 0 Å². The van der Waals surface area contributed by atoms with Crippen molar-refractivity contribution in [3.63, 3.8) is 0 Å². The van der Waals surface area contributed by atoms with Gasteiger partial charge < -0.3 is 0 Å². The van der Waals surface area contributed by atoms with E-state index in [2.05, 4.69) is 0 Å². The average molecular weight is 240 g/mol. The molecule has 0 aromatic heterocycles. The Morgan fingerprint density at radius 2 is 2.00 bits per heavy atom. The highest BCUT2D eigenvalue weighted by Gasteiger charge is 2.32. The van der Waals surface area contributed by atoms with E-state index in [1.54, 1.807) is 0 Å². The van der Waals surface area contributed by atoms with Gasteiger partial charge in [-0.25, -0.2) is 0 Å². The van der Waals surface area contributed by atoms with Gasteiger partial charge in [0.15, 0.2) is 0 Å². The first kappa shape index (κ1) is 11.8. The lowest BCUT2D eigenvalue weighted by Gasteiger charge is -2.07. The molecule has 0 spiro atoms. The summed E-state index contributed by atoms with van der Waals surface area (Å²) in [4.78, 5) is 9.64. The van der Waals surface area contributed by atoms with Crippen LogP contribution in [0.3, 0.4) is 0 Å². The first-order valence-electron chi connectivity index (χ1n) is 3.76. The van der Waals surface area contributed by atoms with Crippen molar-refractivity contribution in [1.82, 2.24) is 0 Å². The molecule has 0 aliphatic carbocycles. The molecule has 15 heavy (non-hydrogen) atoms. The SMILES string of the molecule is O=[N+]([O-])c1ccc(C(F)(F)F)cc1CCl. The molecule has 7 heteroatoms. The summed E-state index contributed by atoms with van der Waals surface area (Å²) in [5, 5.41) is 10.4. The van der Waals surface area contributed by atoms with Crippen LogP contribution in [0.1, 0.15) is 11.1 Å². The third-order valence-corrected chi connectivity index (χ3v) is 2.04. The minimum atomic E-state index is -4.52. The number of rotatable bonds is 2. The van der Waals surface area contributed by atoms with Gasteiger partial charge in [0.1, 0.15) is 0 Å². The van der Waals surface area contributed by atoms with E-state index in [1.165, 1.54) is 0 Å². The van der Waals surface area contributed by atoms with E-state index in [-0.39, 0.29) is 11.4 Å². The molecule has 0 unspecified atom stereocenters. The summed E-state index contributed by atoms with van der Waals surface area (Å²) in [6.07, 6.45) is -4.52. The molecule has 1 aromatic carbocycles. The van der Waals surface area contributed by atoms with Crippen molar-refractivity contribution >= 4 is 17.3 Å². The topological polar surface area (TPSA) is 43.1 Å². The molecule has 0 bridgehead atoms. The number of halogens is 4. The molecule has 82 valence electrons. The van der Waals surface area contributed by atoms with Crippen molar-refractivity contribution in [3.05, 3.63) is 39.4 Å². The Hall–Kier alpha value is -1.30. The van der Waals surface area contributed by atoms with Crippen LogP contribution < -0.4 is 0 Å². The Labute approximate surface area is 87.6 Å². The molecule has 0 heterocycles. The van der Waals surface area contributed by atoms with Gasteiger partial charge in [-0.1, -0.05) is 0 Å². The second-order valence-electron chi connectivity index (χ2n) is 2.73. The third kappa shape index (κ3) is 2.59. The molecule has 0 radical (unpaired) electrons. The van der Waals surface area contributed by atoms with Crippen LogP contribution in [0.4, 0.5) is 18.9 Å². The zero-order valence-electron chi connectivity index (χ0n) is 7.21. The Kier molecular flexibility index (Phi) is 3.18. The molecule has 1 aromatic rings. The van der Waals surface area contributed by atoms with E-state index in [4.69, 9.17) is 11.6 Å². The van der Waals surface area contributed by atoms with Crippen LogP contribution in [0.5, 0.6) is 0 Å². The van der Waals surface area contributed by atoms with Crippen molar-refractivity contribution in [1.29, 1.82) is 0 Å². The van der Waals surface area contributed by atoms with E-state index < -0.39 is 22.4 Å². The molecule has 0 fully saturated rings. The van der Waals surface area contributed by atoms with E-state index in [0.717, 1.165) is 6.07 Å². The van der Waals surface area contributed by atoms with Crippen molar-refractivity contribution in [3.8, 4) is 0 Å². The summed E-state index contributed by atoms with van der Waals surface area (Å²) >= 11 is 5.33. The fourth-order valence-corrected chi connectivity index (χ4v) is 1.26. The van der Waals surface area contributed by atoms with Crippen LogP contribution in [-0.4, -0.2) is 4.92 Å². The summed E-state index contributed by atoms with van der Waals surface area (Å²) < 4.78 is 36.7. The first-order chi connectivity index (χ1) is 6.86. The van der Waals surface area contributed by atoms with Crippen LogP contribution >= 0.6 is 11.6 Å². The lowest BCUT2D eigenvalue weighted by molar-refractivity contribution is -0.385. The highest BCUT2D eigenvalue weighted by atomic mass is 35.5. The number of nitro groups is 1. The molecule has 0 aliphatic heterocycles. The van der Waals surface area contributed by atoms with Gasteiger partial charge >= 0.3 is 6.18 Å². The van der Waals surface area contributed by atoms with Crippen LogP contribution in [-0.2, 0) is 12.1 Å². The lowest BCUT2D eigenvalue weighted by Crippen LogP contribution is -2.06. The maximum Gasteiger partial charge on any atom is 0.416 e. The number of hydrogen-bond donors (Lipinski definition) is 0. The summed E-state index contributed by atoms with van der Waals surface area (Å²) in [5.41, 5.74) is -1.49. The van der Waals surface area contributed by atoms with Crippen molar-refractivity contribution < 1.29 is 18.1 Å². The highest BCUT2D eigenvalue weighted by Crippen LogP contribution is 2.32. The highest BCUT2D eigenvalue weighted by molar-refractivity contribution is 6.17.